The van der Waals surface area contributed by atoms with E-state index in [0.29, 0.717) is 23.2 Å². The molecule has 0 atom stereocenters. The van der Waals surface area contributed by atoms with Crippen molar-refractivity contribution >= 4 is 34.4 Å². The van der Waals surface area contributed by atoms with E-state index in [1.165, 1.54) is 17.4 Å². The third-order valence-electron chi connectivity index (χ3n) is 4.11. The number of methoxy groups -OCH3 is 1. The molecule has 0 saturated heterocycles. The molecule has 1 amide bonds. The van der Waals surface area contributed by atoms with Gasteiger partial charge in [0.1, 0.15) is 5.75 Å². The van der Waals surface area contributed by atoms with Gasteiger partial charge in [0, 0.05) is 16.5 Å². The van der Waals surface area contributed by atoms with Crippen molar-refractivity contribution in [1.82, 2.24) is 4.98 Å². The van der Waals surface area contributed by atoms with Crippen molar-refractivity contribution in [3.63, 3.8) is 0 Å². The van der Waals surface area contributed by atoms with Crippen LogP contribution in [-0.4, -0.2) is 30.6 Å². The number of carbonyl (C=O) groups excluding carboxylic acids is 2. The zero-order chi connectivity index (χ0) is 21.3. The van der Waals surface area contributed by atoms with Crippen LogP contribution in [0.4, 0.5) is 5.13 Å². The van der Waals surface area contributed by atoms with E-state index < -0.39 is 0 Å². The summed E-state index contributed by atoms with van der Waals surface area (Å²) < 4.78 is 10.2. The first-order valence-electron chi connectivity index (χ1n) is 9.43. The zero-order valence-electron chi connectivity index (χ0n) is 16.8. The number of thiazole rings is 1. The maximum absolute atomic E-state index is 12.4. The molecule has 0 aliphatic carbocycles. The number of amides is 1. The van der Waals surface area contributed by atoms with Crippen LogP contribution < -0.4 is 10.1 Å². The van der Waals surface area contributed by atoms with Crippen LogP contribution in [0, 0.1) is 0 Å². The number of anilines is 1. The zero-order valence-corrected chi connectivity index (χ0v) is 17.6. The summed E-state index contributed by atoms with van der Waals surface area (Å²) in [4.78, 5) is 29.6. The molecule has 1 N–H and O–H groups in total. The number of esters is 1. The van der Waals surface area contributed by atoms with E-state index in [0.717, 1.165) is 16.0 Å². The average molecular weight is 423 g/mol. The maximum atomic E-state index is 12.4. The predicted molar refractivity (Wildman–Crippen MR) is 119 cm³/mol. The summed E-state index contributed by atoms with van der Waals surface area (Å²) in [7, 11) is 1.59. The Balaban J connectivity index is 1.78. The lowest BCUT2D eigenvalue weighted by atomic mass is 10.1. The molecule has 0 unspecified atom stereocenters. The average Bonchev–Trinajstić information content (AvgIpc) is 3.15. The van der Waals surface area contributed by atoms with Crippen molar-refractivity contribution in [3.8, 4) is 17.0 Å². The first kappa shape index (κ1) is 21.3. The number of nitrogens with zero attached hydrogens (tertiary/aromatic N) is 1. The summed E-state index contributed by atoms with van der Waals surface area (Å²) in [5.74, 6) is 0.0802. The minimum atomic E-state index is -0.325. The van der Waals surface area contributed by atoms with Crippen molar-refractivity contribution < 1.29 is 19.1 Å². The summed E-state index contributed by atoms with van der Waals surface area (Å²) >= 11 is 1.27. The number of hydrogen-bond donors (Lipinski definition) is 1. The number of carbonyl (C=O) groups is 2. The van der Waals surface area contributed by atoms with Gasteiger partial charge in [-0.25, -0.2) is 4.98 Å². The number of rotatable bonds is 8. The van der Waals surface area contributed by atoms with Gasteiger partial charge in [0.05, 0.1) is 25.8 Å². The highest BCUT2D eigenvalue weighted by Gasteiger charge is 2.17. The Kier molecular flexibility index (Phi) is 7.34. The van der Waals surface area contributed by atoms with Crippen LogP contribution >= 0.6 is 11.3 Å². The number of ether oxygens (including phenoxy) is 2. The summed E-state index contributed by atoms with van der Waals surface area (Å²) in [6.07, 6.45) is 3.23. The molecule has 3 aromatic rings. The van der Waals surface area contributed by atoms with Gasteiger partial charge in [-0.1, -0.05) is 42.5 Å². The van der Waals surface area contributed by atoms with E-state index in [4.69, 9.17) is 9.47 Å². The van der Waals surface area contributed by atoms with Crippen molar-refractivity contribution in [1.29, 1.82) is 0 Å². The molecule has 0 radical (unpaired) electrons. The molecular weight excluding hydrogens is 400 g/mol. The molecule has 2 aromatic carbocycles. The van der Waals surface area contributed by atoms with Crippen molar-refractivity contribution in [3.05, 3.63) is 71.1 Å². The van der Waals surface area contributed by atoms with Crippen molar-refractivity contribution in [2.45, 2.75) is 13.3 Å². The fourth-order valence-corrected chi connectivity index (χ4v) is 3.73. The van der Waals surface area contributed by atoms with Gasteiger partial charge in [0.2, 0.25) is 5.91 Å². The second-order valence-electron chi connectivity index (χ2n) is 6.24. The van der Waals surface area contributed by atoms with Crippen LogP contribution in [-0.2, 0) is 20.7 Å². The predicted octanol–water partition coefficient (Wildman–Crippen LogP) is 4.58. The molecule has 0 aliphatic heterocycles. The van der Waals surface area contributed by atoms with E-state index in [1.54, 1.807) is 20.1 Å². The van der Waals surface area contributed by atoms with Gasteiger partial charge in [-0.15, -0.1) is 11.3 Å². The second-order valence-corrected chi connectivity index (χ2v) is 7.32. The lowest BCUT2D eigenvalue weighted by Gasteiger charge is -2.02. The number of hydrogen-bond acceptors (Lipinski definition) is 6. The highest BCUT2D eigenvalue weighted by molar-refractivity contribution is 7.16. The summed E-state index contributed by atoms with van der Waals surface area (Å²) in [5.41, 5.74) is 2.39. The fraction of sp³-hybridized carbons (Fsp3) is 0.174. The Morgan fingerprint density at radius 2 is 1.93 bits per heavy atom. The molecule has 6 nitrogen and oxygen atoms in total. The summed E-state index contributed by atoms with van der Waals surface area (Å²) in [6.45, 7) is 2.08. The molecule has 0 aliphatic rings. The molecule has 30 heavy (non-hydrogen) atoms. The minimum Gasteiger partial charge on any atom is -0.497 e. The molecule has 3 rings (SSSR count). The standard InChI is InChI=1S/C23H22N2O4S/c1-3-29-21(27)15-19-22(17-9-5-4-6-10-17)25-23(30-19)24-20(26)13-12-16-8-7-11-18(14-16)28-2/h4-14H,3,15H2,1-2H3,(H,24,25,26)/b13-12+. The van der Waals surface area contributed by atoms with Crippen LogP contribution in [0.5, 0.6) is 5.75 Å². The first-order valence-corrected chi connectivity index (χ1v) is 10.2. The Morgan fingerprint density at radius 3 is 2.67 bits per heavy atom. The number of aromatic nitrogens is 1. The normalized spacial score (nSPS) is 10.7. The van der Waals surface area contributed by atoms with E-state index in [2.05, 4.69) is 10.3 Å². The van der Waals surface area contributed by atoms with Gasteiger partial charge in [-0.3, -0.25) is 14.9 Å². The third kappa shape index (κ3) is 5.78. The van der Waals surface area contributed by atoms with Crippen molar-refractivity contribution in [2.24, 2.45) is 0 Å². The summed E-state index contributed by atoms with van der Waals surface area (Å²) in [5, 5.41) is 3.20. The third-order valence-corrected chi connectivity index (χ3v) is 5.08. The highest BCUT2D eigenvalue weighted by Crippen LogP contribution is 2.31. The van der Waals surface area contributed by atoms with Crippen LogP contribution in [0.1, 0.15) is 17.4 Å². The van der Waals surface area contributed by atoms with Gasteiger partial charge < -0.3 is 9.47 Å². The highest BCUT2D eigenvalue weighted by atomic mass is 32.1. The molecule has 154 valence electrons. The quantitative estimate of drug-likeness (QED) is 0.425. The molecule has 1 aromatic heterocycles. The van der Waals surface area contributed by atoms with Gasteiger partial charge in [0.25, 0.3) is 0 Å². The maximum Gasteiger partial charge on any atom is 0.311 e. The van der Waals surface area contributed by atoms with Crippen molar-refractivity contribution in [2.75, 3.05) is 19.0 Å². The van der Waals surface area contributed by atoms with Gasteiger partial charge in [-0.2, -0.15) is 0 Å². The van der Waals surface area contributed by atoms with Gasteiger partial charge in [0.15, 0.2) is 5.13 Å². The van der Waals surface area contributed by atoms with E-state index in [9.17, 15) is 9.59 Å². The Morgan fingerprint density at radius 1 is 1.13 bits per heavy atom. The van der Waals surface area contributed by atoms with Crippen LogP contribution in [0.2, 0.25) is 0 Å². The molecule has 0 saturated carbocycles. The molecular formula is C23H22N2O4S. The molecule has 7 heteroatoms. The Hall–Kier alpha value is -3.45. The fourth-order valence-electron chi connectivity index (χ4n) is 2.75. The minimum absolute atomic E-state index is 0.102. The van der Waals surface area contributed by atoms with Crippen LogP contribution in [0.3, 0.4) is 0 Å². The van der Waals surface area contributed by atoms with E-state index >= 15 is 0 Å². The molecule has 1 heterocycles. The Labute approximate surface area is 179 Å². The largest absolute Gasteiger partial charge is 0.497 e. The van der Waals surface area contributed by atoms with E-state index in [-0.39, 0.29) is 18.3 Å². The molecule has 0 spiro atoms. The number of benzene rings is 2. The van der Waals surface area contributed by atoms with Crippen LogP contribution in [0.25, 0.3) is 17.3 Å². The van der Waals surface area contributed by atoms with Gasteiger partial charge >= 0.3 is 5.97 Å². The summed E-state index contributed by atoms with van der Waals surface area (Å²) in [6, 6.07) is 16.9. The first-order chi connectivity index (χ1) is 14.6. The lowest BCUT2D eigenvalue weighted by molar-refractivity contribution is -0.142. The lowest BCUT2D eigenvalue weighted by Crippen LogP contribution is -2.07. The SMILES string of the molecule is CCOC(=O)Cc1sc(NC(=O)/C=C/c2cccc(OC)c2)nc1-c1ccccc1. The van der Waals surface area contributed by atoms with Crippen LogP contribution in [0.15, 0.2) is 60.7 Å². The van der Waals surface area contributed by atoms with Gasteiger partial charge in [-0.05, 0) is 30.7 Å². The monoisotopic (exact) mass is 422 g/mol. The van der Waals surface area contributed by atoms with E-state index in [1.807, 2.05) is 54.6 Å². The molecule has 0 bridgehead atoms. The topological polar surface area (TPSA) is 77.5 Å². The number of nitrogens with one attached hydrogen (secondary N) is 1. The molecule has 0 fully saturated rings. The smallest absolute Gasteiger partial charge is 0.311 e. The second kappa shape index (κ2) is 10.4. The Bertz CT molecular complexity index is 1040.